The predicted octanol–water partition coefficient (Wildman–Crippen LogP) is 4.83. The number of benzene rings is 2. The topological polar surface area (TPSA) is 46.6 Å². The van der Waals surface area contributed by atoms with Crippen LogP contribution in [0.2, 0.25) is 0 Å². The van der Waals surface area contributed by atoms with Crippen molar-refractivity contribution in [3.63, 3.8) is 0 Å². The van der Waals surface area contributed by atoms with Crippen LogP contribution in [0.25, 0.3) is 6.08 Å². The Balaban J connectivity index is 1.92. The average Bonchev–Trinajstić information content (AvgIpc) is 2.95. The minimum atomic E-state index is -0.510. The number of anilines is 1. The van der Waals surface area contributed by atoms with Gasteiger partial charge in [-0.15, -0.1) is 0 Å². The van der Waals surface area contributed by atoms with Crippen LogP contribution >= 0.6 is 24.0 Å². The van der Waals surface area contributed by atoms with E-state index in [1.54, 1.807) is 24.3 Å². The van der Waals surface area contributed by atoms with E-state index < -0.39 is 5.97 Å². The lowest BCUT2D eigenvalue weighted by molar-refractivity contribution is -0.113. The number of nitrogens with zero attached hydrogens (tertiary/aromatic N) is 1. The molecule has 1 fully saturated rings. The highest BCUT2D eigenvalue weighted by Crippen LogP contribution is 2.37. The van der Waals surface area contributed by atoms with Crippen molar-refractivity contribution in [2.75, 3.05) is 12.0 Å². The number of amides is 1. The molecule has 0 saturated carbocycles. The number of rotatable bonds is 4. The summed E-state index contributed by atoms with van der Waals surface area (Å²) in [6, 6.07) is 16.6. The molecule has 1 amide bonds. The first kappa shape index (κ1) is 19.1. The number of allylic oxidation sites excluding steroid dienone is 2. The minimum absolute atomic E-state index is 0.248. The fraction of sp³-hybridized carbons (Fsp3) is 0.0952. The molecule has 4 nitrogen and oxygen atoms in total. The maximum absolute atomic E-state index is 12.9. The summed E-state index contributed by atoms with van der Waals surface area (Å²) in [5, 5.41) is 0. The van der Waals surface area contributed by atoms with Crippen LogP contribution < -0.4 is 4.90 Å². The van der Waals surface area contributed by atoms with Crippen LogP contribution in [0, 0.1) is 0 Å². The molecular formula is C21H17NO3S2. The number of thiocarbonyl (C=S) groups is 1. The number of esters is 1. The Morgan fingerprint density at radius 1 is 1.11 bits per heavy atom. The first-order valence-corrected chi connectivity index (χ1v) is 9.42. The van der Waals surface area contributed by atoms with Crippen molar-refractivity contribution in [3.8, 4) is 0 Å². The maximum Gasteiger partial charge on any atom is 0.339 e. The number of hydrogen-bond donors (Lipinski definition) is 0. The first-order valence-electron chi connectivity index (χ1n) is 8.20. The van der Waals surface area contributed by atoms with Gasteiger partial charge in [-0.25, -0.2) is 4.79 Å². The lowest BCUT2D eigenvalue weighted by Gasteiger charge is -2.17. The number of thioether (sulfide) groups is 1. The van der Waals surface area contributed by atoms with Crippen molar-refractivity contribution in [3.05, 3.63) is 82.3 Å². The van der Waals surface area contributed by atoms with Gasteiger partial charge in [-0.2, -0.15) is 0 Å². The molecule has 1 aliphatic heterocycles. The zero-order valence-corrected chi connectivity index (χ0v) is 16.5. The summed E-state index contributed by atoms with van der Waals surface area (Å²) in [7, 11) is 1.31. The molecule has 3 rings (SSSR count). The lowest BCUT2D eigenvalue weighted by atomic mass is 10.1. The van der Waals surface area contributed by atoms with Crippen LogP contribution in [-0.4, -0.2) is 23.3 Å². The molecule has 0 N–H and O–H groups in total. The second-order valence-electron chi connectivity index (χ2n) is 5.82. The molecule has 1 aliphatic rings. The second kappa shape index (κ2) is 8.33. The van der Waals surface area contributed by atoms with Gasteiger partial charge in [0.1, 0.15) is 0 Å². The van der Waals surface area contributed by atoms with Gasteiger partial charge in [0.05, 0.1) is 23.3 Å². The van der Waals surface area contributed by atoms with Gasteiger partial charge in [-0.05, 0) is 36.3 Å². The van der Waals surface area contributed by atoms with Crippen LogP contribution in [0.3, 0.4) is 0 Å². The zero-order valence-electron chi connectivity index (χ0n) is 14.8. The highest BCUT2D eigenvalue weighted by atomic mass is 32.2. The predicted molar refractivity (Wildman–Crippen MR) is 114 cm³/mol. The third kappa shape index (κ3) is 4.18. The number of hydrogen-bond acceptors (Lipinski definition) is 5. The molecule has 1 saturated heterocycles. The molecule has 0 atom stereocenters. The molecule has 0 spiro atoms. The summed E-state index contributed by atoms with van der Waals surface area (Å²) in [5.41, 5.74) is 2.72. The number of carbonyl (C=O) groups excluding carboxylic acids is 2. The van der Waals surface area contributed by atoms with E-state index in [1.165, 1.54) is 23.8 Å². The Bertz CT molecular complexity index is 964. The summed E-state index contributed by atoms with van der Waals surface area (Å²) in [6.07, 6.45) is 3.81. The molecule has 0 bridgehead atoms. The summed E-state index contributed by atoms with van der Waals surface area (Å²) in [6.45, 7) is 1.93. The van der Waals surface area contributed by atoms with E-state index in [-0.39, 0.29) is 5.91 Å². The van der Waals surface area contributed by atoms with Crippen LogP contribution in [0.4, 0.5) is 5.69 Å². The molecule has 2 aromatic rings. The average molecular weight is 396 g/mol. The van der Waals surface area contributed by atoms with Crippen LogP contribution in [-0.2, 0) is 9.53 Å². The van der Waals surface area contributed by atoms with Crippen molar-refractivity contribution < 1.29 is 14.3 Å². The van der Waals surface area contributed by atoms with Crippen molar-refractivity contribution in [2.45, 2.75) is 6.92 Å². The van der Waals surface area contributed by atoms with Gasteiger partial charge in [0.15, 0.2) is 4.32 Å². The normalized spacial score (nSPS) is 16.1. The largest absolute Gasteiger partial charge is 0.465 e. The van der Waals surface area contributed by atoms with Crippen LogP contribution in [0.15, 0.2) is 71.2 Å². The molecule has 6 heteroatoms. The van der Waals surface area contributed by atoms with E-state index >= 15 is 0 Å². The fourth-order valence-corrected chi connectivity index (χ4v) is 4.02. The van der Waals surface area contributed by atoms with Crippen LogP contribution in [0.5, 0.6) is 0 Å². The Morgan fingerprint density at radius 2 is 1.78 bits per heavy atom. The van der Waals surface area contributed by atoms with Crippen LogP contribution in [0.1, 0.15) is 22.8 Å². The van der Waals surface area contributed by atoms with E-state index in [0.717, 1.165) is 11.1 Å². The van der Waals surface area contributed by atoms with E-state index in [9.17, 15) is 9.59 Å². The summed E-state index contributed by atoms with van der Waals surface area (Å²) in [5.74, 6) is -0.758. The second-order valence-corrected chi connectivity index (χ2v) is 7.50. The monoisotopic (exact) mass is 395 g/mol. The van der Waals surface area contributed by atoms with Gasteiger partial charge >= 0.3 is 5.97 Å². The summed E-state index contributed by atoms with van der Waals surface area (Å²) >= 11 is 6.62. The van der Waals surface area contributed by atoms with E-state index in [0.29, 0.717) is 20.5 Å². The number of para-hydroxylation sites is 1. The van der Waals surface area contributed by atoms with Gasteiger partial charge < -0.3 is 4.74 Å². The summed E-state index contributed by atoms with van der Waals surface area (Å²) in [4.78, 5) is 26.9. The first-order chi connectivity index (χ1) is 13.0. The van der Waals surface area contributed by atoms with E-state index in [1.807, 2.05) is 49.4 Å². The summed E-state index contributed by atoms with van der Waals surface area (Å²) < 4.78 is 5.20. The minimum Gasteiger partial charge on any atom is -0.465 e. The third-order valence-corrected chi connectivity index (χ3v) is 5.20. The van der Waals surface area contributed by atoms with E-state index in [4.69, 9.17) is 17.0 Å². The molecule has 0 unspecified atom stereocenters. The van der Waals surface area contributed by atoms with Crippen molar-refractivity contribution in [1.29, 1.82) is 0 Å². The lowest BCUT2D eigenvalue weighted by Crippen LogP contribution is -2.29. The van der Waals surface area contributed by atoms with Gasteiger partial charge in [0.2, 0.25) is 0 Å². The molecule has 1 heterocycles. The molecule has 0 radical (unpaired) electrons. The van der Waals surface area contributed by atoms with E-state index in [2.05, 4.69) is 0 Å². The standard InChI is InChI=1S/C21H17NO3S2/c1-14(12-15-8-4-3-5-9-15)13-18-19(23)22(21(26)27-18)17-11-7-6-10-16(17)20(24)25-2/h3-13H,1-2H3/b14-12+,18-13-. The smallest absolute Gasteiger partial charge is 0.339 e. The van der Waals surface area contributed by atoms with Gasteiger partial charge in [0, 0.05) is 0 Å². The molecule has 0 aliphatic carbocycles. The van der Waals surface area contributed by atoms with Gasteiger partial charge in [-0.1, -0.05) is 72.5 Å². The van der Waals surface area contributed by atoms with Crippen molar-refractivity contribution in [1.82, 2.24) is 0 Å². The maximum atomic E-state index is 12.9. The third-order valence-electron chi connectivity index (χ3n) is 3.90. The molecular weight excluding hydrogens is 378 g/mol. The number of methoxy groups -OCH3 is 1. The quantitative estimate of drug-likeness (QED) is 0.422. The zero-order chi connectivity index (χ0) is 19.4. The molecule has 27 heavy (non-hydrogen) atoms. The van der Waals surface area contributed by atoms with Crippen molar-refractivity contribution >= 4 is 51.9 Å². The Labute approximate surface area is 167 Å². The molecule has 2 aromatic carbocycles. The number of ether oxygens (including phenoxy) is 1. The van der Waals surface area contributed by atoms with Gasteiger partial charge in [0.25, 0.3) is 5.91 Å². The fourth-order valence-electron chi connectivity index (χ4n) is 2.69. The van der Waals surface area contributed by atoms with Gasteiger partial charge in [-0.3, -0.25) is 9.69 Å². The highest BCUT2D eigenvalue weighted by molar-refractivity contribution is 8.27. The highest BCUT2D eigenvalue weighted by Gasteiger charge is 2.35. The SMILES string of the molecule is COC(=O)c1ccccc1N1C(=O)/C(=C/C(C)=C/c2ccccc2)SC1=S. The molecule has 136 valence electrons. The Kier molecular flexibility index (Phi) is 5.88. The Hall–Kier alpha value is -2.70. The molecule has 0 aromatic heterocycles. The van der Waals surface area contributed by atoms with Crippen molar-refractivity contribution in [2.24, 2.45) is 0 Å². The number of carbonyl (C=O) groups is 2. The Morgan fingerprint density at radius 3 is 2.48 bits per heavy atom.